The van der Waals surface area contributed by atoms with Gasteiger partial charge in [-0.3, -0.25) is 4.79 Å². The summed E-state index contributed by atoms with van der Waals surface area (Å²) in [5.41, 5.74) is 7.55. The van der Waals surface area contributed by atoms with Crippen LogP contribution >= 0.6 is 0 Å². The fourth-order valence-electron chi connectivity index (χ4n) is 1.56. The molecule has 0 fully saturated rings. The molecule has 0 aliphatic rings. The highest BCUT2D eigenvalue weighted by atomic mass is 16.4. The van der Waals surface area contributed by atoms with E-state index in [1.807, 2.05) is 14.1 Å². The Labute approximate surface area is 111 Å². The second kappa shape index (κ2) is 5.27. The van der Waals surface area contributed by atoms with Crippen LogP contribution in [0.5, 0.6) is 0 Å². The maximum absolute atomic E-state index is 11.7. The van der Waals surface area contributed by atoms with Crippen molar-refractivity contribution in [2.45, 2.75) is 6.92 Å². The zero-order chi connectivity index (χ0) is 14.0. The largest absolute Gasteiger partial charge is 0.423 e. The number of anilines is 2. The van der Waals surface area contributed by atoms with Gasteiger partial charge in [0.2, 0.25) is 5.91 Å². The average Bonchev–Trinajstić information content (AvgIpc) is 2.81. The van der Waals surface area contributed by atoms with E-state index in [0.717, 1.165) is 0 Å². The second-order valence-electron chi connectivity index (χ2n) is 4.70. The highest BCUT2D eigenvalue weighted by Crippen LogP contribution is 2.23. The minimum absolute atomic E-state index is 0.0989. The Morgan fingerprint density at radius 3 is 2.89 bits per heavy atom. The molecular formula is C13H18N4O2. The number of benzene rings is 1. The van der Waals surface area contributed by atoms with Crippen molar-refractivity contribution in [2.24, 2.45) is 11.7 Å². The number of oxazole rings is 1. The number of hydrogen-bond acceptors (Lipinski definition) is 5. The fourth-order valence-corrected chi connectivity index (χ4v) is 1.56. The third-order valence-electron chi connectivity index (χ3n) is 2.83. The van der Waals surface area contributed by atoms with Gasteiger partial charge in [0.05, 0.1) is 0 Å². The van der Waals surface area contributed by atoms with Gasteiger partial charge in [0.15, 0.2) is 5.58 Å². The molecule has 6 nitrogen and oxygen atoms in total. The Balaban J connectivity index is 2.24. The molecule has 2 aromatic rings. The van der Waals surface area contributed by atoms with Crippen LogP contribution in [0.3, 0.4) is 0 Å². The molecule has 1 amide bonds. The lowest BCUT2D eigenvalue weighted by Gasteiger charge is -2.09. The monoisotopic (exact) mass is 262 g/mol. The Morgan fingerprint density at radius 2 is 2.26 bits per heavy atom. The van der Waals surface area contributed by atoms with Crippen LogP contribution in [0.4, 0.5) is 11.7 Å². The highest BCUT2D eigenvalue weighted by Gasteiger charge is 2.12. The predicted molar refractivity (Wildman–Crippen MR) is 75.2 cm³/mol. The van der Waals surface area contributed by atoms with E-state index in [1.54, 1.807) is 30.0 Å². The summed E-state index contributed by atoms with van der Waals surface area (Å²) in [5.74, 6) is -0.316. The molecule has 0 aliphatic heterocycles. The first-order valence-electron chi connectivity index (χ1n) is 6.10. The van der Waals surface area contributed by atoms with E-state index in [4.69, 9.17) is 10.2 Å². The molecule has 2 rings (SSSR count). The van der Waals surface area contributed by atoms with Gasteiger partial charge in [-0.05, 0) is 18.2 Å². The number of carbonyl (C=O) groups excluding carboxylic acids is 1. The lowest BCUT2D eigenvalue weighted by atomic mass is 10.1. The zero-order valence-electron chi connectivity index (χ0n) is 11.3. The normalized spacial score (nSPS) is 12.4. The van der Waals surface area contributed by atoms with Gasteiger partial charge in [0.1, 0.15) is 5.52 Å². The van der Waals surface area contributed by atoms with Gasteiger partial charge >= 0.3 is 0 Å². The van der Waals surface area contributed by atoms with E-state index < -0.39 is 0 Å². The number of nitrogens with two attached hydrogens (primary N) is 1. The maximum atomic E-state index is 11.7. The summed E-state index contributed by atoms with van der Waals surface area (Å²) < 4.78 is 5.54. The van der Waals surface area contributed by atoms with E-state index in [9.17, 15) is 4.79 Å². The fraction of sp³-hybridized carbons (Fsp3) is 0.385. The third-order valence-corrected chi connectivity index (χ3v) is 2.83. The molecule has 1 atom stereocenters. The van der Waals surface area contributed by atoms with Gasteiger partial charge in [-0.2, -0.15) is 4.98 Å². The van der Waals surface area contributed by atoms with E-state index >= 15 is 0 Å². The van der Waals surface area contributed by atoms with Crippen LogP contribution in [0.1, 0.15) is 6.92 Å². The van der Waals surface area contributed by atoms with E-state index in [1.165, 1.54) is 0 Å². The lowest BCUT2D eigenvalue weighted by Crippen LogP contribution is -2.26. The summed E-state index contributed by atoms with van der Waals surface area (Å²) in [6.45, 7) is 2.11. The molecule has 1 aromatic carbocycles. The van der Waals surface area contributed by atoms with Crippen molar-refractivity contribution in [2.75, 3.05) is 30.9 Å². The van der Waals surface area contributed by atoms with Crippen LogP contribution in [0.2, 0.25) is 0 Å². The van der Waals surface area contributed by atoms with Crippen molar-refractivity contribution < 1.29 is 9.21 Å². The van der Waals surface area contributed by atoms with Crippen molar-refractivity contribution in [3.8, 4) is 0 Å². The summed E-state index contributed by atoms with van der Waals surface area (Å²) in [6.07, 6.45) is 0. The van der Waals surface area contributed by atoms with Crippen molar-refractivity contribution in [1.82, 2.24) is 4.98 Å². The molecule has 1 heterocycles. The summed E-state index contributed by atoms with van der Waals surface area (Å²) in [6, 6.07) is 5.90. The van der Waals surface area contributed by atoms with Gasteiger partial charge in [-0.25, -0.2) is 0 Å². The Bertz CT molecular complexity index is 591. The number of nitrogens with zero attached hydrogens (tertiary/aromatic N) is 2. The first-order chi connectivity index (χ1) is 9.01. The highest BCUT2D eigenvalue weighted by molar-refractivity contribution is 5.94. The minimum atomic E-state index is -0.217. The lowest BCUT2D eigenvalue weighted by molar-refractivity contribution is -0.119. The molecule has 6 heteroatoms. The molecule has 0 bridgehead atoms. The summed E-state index contributed by atoms with van der Waals surface area (Å²) in [4.78, 5) is 17.9. The first-order valence-corrected chi connectivity index (χ1v) is 6.10. The number of carbonyl (C=O) groups is 1. The molecule has 1 unspecified atom stereocenters. The number of nitrogens with one attached hydrogen (secondary N) is 1. The number of amides is 1. The van der Waals surface area contributed by atoms with Gasteiger partial charge < -0.3 is 20.4 Å². The third kappa shape index (κ3) is 2.85. The molecule has 1 aromatic heterocycles. The van der Waals surface area contributed by atoms with Crippen LogP contribution in [0.15, 0.2) is 22.6 Å². The van der Waals surface area contributed by atoms with Gasteiger partial charge in [-0.15, -0.1) is 0 Å². The Hall–Kier alpha value is -2.08. The number of aromatic nitrogens is 1. The van der Waals surface area contributed by atoms with Crippen LogP contribution in [0.25, 0.3) is 11.1 Å². The standard InChI is InChI=1S/C13H18N4O2/c1-8(7-14)12(18)15-9-4-5-11-10(6-9)16-13(19-11)17(2)3/h4-6,8H,7,14H2,1-3H3,(H,15,18). The number of hydrogen-bond donors (Lipinski definition) is 2. The molecule has 0 aliphatic carbocycles. The molecule has 0 radical (unpaired) electrons. The predicted octanol–water partition coefficient (Wildman–Crippen LogP) is 1.43. The van der Waals surface area contributed by atoms with Crippen molar-refractivity contribution in [1.29, 1.82) is 0 Å². The average molecular weight is 262 g/mol. The minimum Gasteiger partial charge on any atom is -0.423 e. The maximum Gasteiger partial charge on any atom is 0.297 e. The van der Waals surface area contributed by atoms with Crippen molar-refractivity contribution in [3.05, 3.63) is 18.2 Å². The summed E-state index contributed by atoms with van der Waals surface area (Å²) in [5, 5.41) is 2.81. The zero-order valence-corrected chi connectivity index (χ0v) is 11.3. The van der Waals surface area contributed by atoms with Gasteiger partial charge in [0, 0.05) is 32.2 Å². The molecule has 102 valence electrons. The van der Waals surface area contributed by atoms with E-state index in [-0.39, 0.29) is 11.8 Å². The Kier molecular flexibility index (Phi) is 3.71. The second-order valence-corrected chi connectivity index (χ2v) is 4.70. The van der Waals surface area contributed by atoms with E-state index in [0.29, 0.717) is 29.3 Å². The smallest absolute Gasteiger partial charge is 0.297 e. The quantitative estimate of drug-likeness (QED) is 0.870. The number of rotatable bonds is 4. The molecule has 3 N–H and O–H groups in total. The first kappa shape index (κ1) is 13.4. The van der Waals surface area contributed by atoms with Crippen molar-refractivity contribution >= 4 is 28.7 Å². The van der Waals surface area contributed by atoms with Crippen LogP contribution in [-0.2, 0) is 4.79 Å². The molecule has 19 heavy (non-hydrogen) atoms. The Morgan fingerprint density at radius 1 is 1.53 bits per heavy atom. The molecule has 0 spiro atoms. The van der Waals surface area contributed by atoms with E-state index in [2.05, 4.69) is 10.3 Å². The summed E-state index contributed by atoms with van der Waals surface area (Å²) in [7, 11) is 3.71. The van der Waals surface area contributed by atoms with Crippen LogP contribution < -0.4 is 16.0 Å². The van der Waals surface area contributed by atoms with Gasteiger partial charge in [-0.1, -0.05) is 6.92 Å². The SMILES string of the molecule is CC(CN)C(=O)Nc1ccc2oc(N(C)C)nc2c1. The molecule has 0 saturated heterocycles. The van der Waals surface area contributed by atoms with Crippen LogP contribution in [0, 0.1) is 5.92 Å². The molecule has 0 saturated carbocycles. The number of fused-ring (bicyclic) bond motifs is 1. The molecular weight excluding hydrogens is 244 g/mol. The van der Waals surface area contributed by atoms with Crippen LogP contribution in [-0.4, -0.2) is 31.5 Å². The topological polar surface area (TPSA) is 84.4 Å². The van der Waals surface area contributed by atoms with Crippen molar-refractivity contribution in [3.63, 3.8) is 0 Å². The van der Waals surface area contributed by atoms with Gasteiger partial charge in [0.25, 0.3) is 6.01 Å². The summed E-state index contributed by atoms with van der Waals surface area (Å²) >= 11 is 0.